The highest BCUT2D eigenvalue weighted by Gasteiger charge is 2.29. The van der Waals surface area contributed by atoms with Crippen LogP contribution in [0.3, 0.4) is 0 Å². The van der Waals surface area contributed by atoms with E-state index in [0.717, 1.165) is 0 Å². The molecule has 2 N–H and O–H groups in total. The molecule has 1 aromatic carbocycles. The van der Waals surface area contributed by atoms with Gasteiger partial charge in [0.15, 0.2) is 0 Å². The number of carboxylic acid groups (broad SMARTS) is 1. The minimum atomic E-state index is -0.985. The number of pyridine rings is 1. The smallest absolute Gasteiger partial charge is 0.313 e. The van der Waals surface area contributed by atoms with Gasteiger partial charge >= 0.3 is 5.97 Å². The van der Waals surface area contributed by atoms with Gasteiger partial charge in [0.2, 0.25) is 0 Å². The van der Waals surface area contributed by atoms with Crippen molar-refractivity contribution in [2.45, 2.75) is 19.3 Å². The van der Waals surface area contributed by atoms with Crippen LogP contribution in [-0.2, 0) is 10.2 Å². The molecule has 1 amide bonds. The lowest BCUT2D eigenvalue weighted by atomic mass is 9.85. The fourth-order valence-electron chi connectivity index (χ4n) is 1.84. The molecule has 0 radical (unpaired) electrons. The maximum Gasteiger partial charge on any atom is 0.313 e. The van der Waals surface area contributed by atoms with Crippen molar-refractivity contribution < 1.29 is 14.7 Å². The SMILES string of the molecule is CC(C)(C(=O)O)c1ccc(NC(=O)c2ccnc(Cl)c2)cc1. The first-order chi connectivity index (χ1) is 10.3. The second kappa shape index (κ2) is 6.15. The van der Waals surface area contributed by atoms with E-state index < -0.39 is 11.4 Å². The average molecular weight is 319 g/mol. The fraction of sp³-hybridized carbons (Fsp3) is 0.188. The molecular weight excluding hydrogens is 304 g/mol. The highest BCUT2D eigenvalue weighted by molar-refractivity contribution is 6.29. The molecule has 2 rings (SSSR count). The Kier molecular flexibility index (Phi) is 4.47. The molecule has 0 bridgehead atoms. The van der Waals surface area contributed by atoms with Crippen LogP contribution in [0.4, 0.5) is 5.69 Å². The number of anilines is 1. The van der Waals surface area contributed by atoms with Crippen molar-refractivity contribution in [1.82, 2.24) is 4.98 Å². The average Bonchev–Trinajstić information content (AvgIpc) is 2.47. The number of hydrogen-bond donors (Lipinski definition) is 2. The van der Waals surface area contributed by atoms with Crippen LogP contribution in [0.15, 0.2) is 42.6 Å². The molecule has 6 heteroatoms. The van der Waals surface area contributed by atoms with Crippen LogP contribution in [0.1, 0.15) is 29.8 Å². The Morgan fingerprint density at radius 2 is 1.82 bits per heavy atom. The van der Waals surface area contributed by atoms with Crippen LogP contribution in [0.2, 0.25) is 5.15 Å². The van der Waals surface area contributed by atoms with Gasteiger partial charge in [-0.3, -0.25) is 9.59 Å². The van der Waals surface area contributed by atoms with E-state index in [9.17, 15) is 14.7 Å². The number of hydrogen-bond acceptors (Lipinski definition) is 3. The van der Waals surface area contributed by atoms with Crippen LogP contribution in [0, 0.1) is 0 Å². The van der Waals surface area contributed by atoms with Crippen molar-refractivity contribution in [3.63, 3.8) is 0 Å². The molecular formula is C16H15ClN2O3. The Morgan fingerprint density at radius 3 is 2.36 bits per heavy atom. The van der Waals surface area contributed by atoms with Gasteiger partial charge in [-0.2, -0.15) is 0 Å². The van der Waals surface area contributed by atoms with Crippen molar-refractivity contribution in [1.29, 1.82) is 0 Å². The quantitative estimate of drug-likeness (QED) is 0.847. The lowest BCUT2D eigenvalue weighted by Gasteiger charge is -2.19. The van der Waals surface area contributed by atoms with E-state index in [1.54, 1.807) is 44.2 Å². The zero-order valence-electron chi connectivity index (χ0n) is 12.1. The summed E-state index contributed by atoms with van der Waals surface area (Å²) in [6, 6.07) is 9.73. The minimum Gasteiger partial charge on any atom is -0.481 e. The maximum absolute atomic E-state index is 12.1. The molecule has 22 heavy (non-hydrogen) atoms. The number of nitrogens with zero attached hydrogens (tertiary/aromatic N) is 1. The maximum atomic E-state index is 12.1. The van der Waals surface area contributed by atoms with Crippen molar-refractivity contribution >= 4 is 29.2 Å². The fourth-order valence-corrected chi connectivity index (χ4v) is 2.01. The first-order valence-electron chi connectivity index (χ1n) is 6.57. The van der Waals surface area contributed by atoms with Gasteiger partial charge in [0.05, 0.1) is 5.41 Å². The molecule has 0 saturated carbocycles. The number of amides is 1. The number of carboxylic acids is 1. The Morgan fingerprint density at radius 1 is 1.18 bits per heavy atom. The molecule has 0 aliphatic heterocycles. The third-order valence-corrected chi connectivity index (χ3v) is 3.59. The van der Waals surface area contributed by atoms with E-state index in [2.05, 4.69) is 10.3 Å². The predicted octanol–water partition coefficient (Wildman–Crippen LogP) is 3.35. The van der Waals surface area contributed by atoms with Gasteiger partial charge < -0.3 is 10.4 Å². The number of carbonyl (C=O) groups excluding carboxylic acids is 1. The topological polar surface area (TPSA) is 79.3 Å². The van der Waals surface area contributed by atoms with E-state index in [0.29, 0.717) is 16.8 Å². The molecule has 0 fully saturated rings. The standard InChI is InChI=1S/C16H15ClN2O3/c1-16(2,15(21)22)11-3-5-12(6-4-11)19-14(20)10-7-8-18-13(17)9-10/h3-9H,1-2H3,(H,19,20)(H,21,22). The predicted molar refractivity (Wildman–Crippen MR) is 84.3 cm³/mol. The number of benzene rings is 1. The highest BCUT2D eigenvalue weighted by atomic mass is 35.5. The summed E-state index contributed by atoms with van der Waals surface area (Å²) >= 11 is 5.75. The van der Waals surface area contributed by atoms with Gasteiger partial charge in [0.25, 0.3) is 5.91 Å². The summed E-state index contributed by atoms with van der Waals surface area (Å²) in [4.78, 5) is 27.1. The molecule has 0 atom stereocenters. The van der Waals surface area contributed by atoms with E-state index in [1.165, 1.54) is 12.3 Å². The molecule has 0 aliphatic carbocycles. The van der Waals surface area contributed by atoms with E-state index in [4.69, 9.17) is 11.6 Å². The van der Waals surface area contributed by atoms with Crippen LogP contribution in [0.5, 0.6) is 0 Å². The van der Waals surface area contributed by atoms with Gasteiger partial charge in [-0.15, -0.1) is 0 Å². The summed E-state index contributed by atoms with van der Waals surface area (Å²) in [7, 11) is 0. The lowest BCUT2D eigenvalue weighted by Crippen LogP contribution is -2.28. The Labute approximate surface area is 133 Å². The van der Waals surface area contributed by atoms with Crippen LogP contribution in [-0.4, -0.2) is 22.0 Å². The summed E-state index contributed by atoms with van der Waals surface area (Å²) in [6.45, 7) is 3.25. The monoisotopic (exact) mass is 318 g/mol. The van der Waals surface area contributed by atoms with Gasteiger partial charge in [0.1, 0.15) is 5.15 Å². The lowest BCUT2D eigenvalue weighted by molar-refractivity contribution is -0.142. The second-order valence-corrected chi connectivity index (χ2v) is 5.72. The molecule has 1 aromatic heterocycles. The molecule has 5 nitrogen and oxygen atoms in total. The summed E-state index contributed by atoms with van der Waals surface area (Å²) in [5.41, 5.74) is 0.643. The van der Waals surface area contributed by atoms with Crippen molar-refractivity contribution in [2.24, 2.45) is 0 Å². The normalized spacial score (nSPS) is 11.0. The van der Waals surface area contributed by atoms with Crippen molar-refractivity contribution in [3.05, 3.63) is 58.9 Å². The summed E-state index contributed by atoms with van der Waals surface area (Å²) in [5, 5.41) is 12.2. The molecule has 1 heterocycles. The van der Waals surface area contributed by atoms with E-state index in [-0.39, 0.29) is 11.1 Å². The first-order valence-corrected chi connectivity index (χ1v) is 6.95. The van der Waals surface area contributed by atoms with Crippen LogP contribution in [0.25, 0.3) is 0 Å². The second-order valence-electron chi connectivity index (χ2n) is 5.33. The molecule has 0 spiro atoms. The van der Waals surface area contributed by atoms with Gasteiger partial charge in [0, 0.05) is 17.4 Å². The van der Waals surface area contributed by atoms with Gasteiger partial charge in [-0.1, -0.05) is 23.7 Å². The Bertz CT molecular complexity index is 712. The third-order valence-electron chi connectivity index (χ3n) is 3.39. The summed E-state index contributed by atoms with van der Waals surface area (Å²) in [6.07, 6.45) is 1.45. The Hall–Kier alpha value is -2.40. The molecule has 114 valence electrons. The molecule has 0 unspecified atom stereocenters. The molecule has 2 aromatic rings. The highest BCUT2D eigenvalue weighted by Crippen LogP contribution is 2.25. The van der Waals surface area contributed by atoms with Crippen molar-refractivity contribution in [3.8, 4) is 0 Å². The number of carbonyl (C=O) groups is 2. The number of aliphatic carboxylic acids is 1. The number of halogens is 1. The zero-order valence-corrected chi connectivity index (χ0v) is 12.9. The molecule has 0 aliphatic rings. The minimum absolute atomic E-state index is 0.242. The van der Waals surface area contributed by atoms with Gasteiger partial charge in [-0.05, 0) is 43.7 Å². The largest absolute Gasteiger partial charge is 0.481 e. The van der Waals surface area contributed by atoms with E-state index in [1.807, 2.05) is 0 Å². The summed E-state index contributed by atoms with van der Waals surface area (Å²) in [5.74, 6) is -1.22. The third kappa shape index (κ3) is 3.43. The van der Waals surface area contributed by atoms with E-state index >= 15 is 0 Å². The Balaban J connectivity index is 2.15. The zero-order chi connectivity index (χ0) is 16.3. The van der Waals surface area contributed by atoms with Crippen LogP contribution >= 0.6 is 11.6 Å². The van der Waals surface area contributed by atoms with Crippen molar-refractivity contribution in [2.75, 3.05) is 5.32 Å². The first kappa shape index (κ1) is 16.0. The summed E-state index contributed by atoms with van der Waals surface area (Å²) < 4.78 is 0. The number of nitrogens with one attached hydrogen (secondary N) is 1. The number of rotatable bonds is 4. The van der Waals surface area contributed by atoms with Gasteiger partial charge in [-0.25, -0.2) is 4.98 Å². The number of aromatic nitrogens is 1. The molecule has 0 saturated heterocycles. The van der Waals surface area contributed by atoms with Crippen LogP contribution < -0.4 is 5.32 Å².